The van der Waals surface area contributed by atoms with E-state index in [1.165, 1.54) is 4.88 Å². The average molecular weight is 292 g/mol. The zero-order valence-electron chi connectivity index (χ0n) is 10.4. The molecule has 1 amide bonds. The zero-order chi connectivity index (χ0) is 13.2. The number of rotatable bonds is 4. The maximum Gasteiger partial charge on any atom is 0.255 e. The molecule has 1 aliphatic carbocycles. The highest BCUT2D eigenvalue weighted by Gasteiger charge is 2.33. The Labute approximate surface area is 121 Å². The van der Waals surface area contributed by atoms with Gasteiger partial charge in [0.15, 0.2) is 0 Å². The second-order valence-corrected chi connectivity index (χ2v) is 6.16. The van der Waals surface area contributed by atoms with Gasteiger partial charge in [-0.05, 0) is 36.4 Å². The van der Waals surface area contributed by atoms with E-state index >= 15 is 0 Å². The normalized spacial score (nSPS) is 14.4. The highest BCUT2D eigenvalue weighted by atomic mass is 35.5. The van der Waals surface area contributed by atoms with Gasteiger partial charge in [-0.25, -0.2) is 0 Å². The Balaban J connectivity index is 1.84. The van der Waals surface area contributed by atoms with E-state index in [9.17, 15) is 4.79 Å². The van der Waals surface area contributed by atoms with Gasteiger partial charge in [-0.1, -0.05) is 29.8 Å². The van der Waals surface area contributed by atoms with Crippen LogP contribution in [0.25, 0.3) is 0 Å². The summed E-state index contributed by atoms with van der Waals surface area (Å²) >= 11 is 7.81. The molecule has 4 heteroatoms. The molecule has 1 saturated carbocycles. The van der Waals surface area contributed by atoms with Crippen LogP contribution in [0.2, 0.25) is 5.02 Å². The fourth-order valence-electron chi connectivity index (χ4n) is 2.11. The number of hydrogen-bond donors (Lipinski definition) is 0. The second-order valence-electron chi connectivity index (χ2n) is 4.72. The van der Waals surface area contributed by atoms with Gasteiger partial charge in [0.25, 0.3) is 5.91 Å². The van der Waals surface area contributed by atoms with E-state index in [2.05, 4.69) is 6.07 Å². The molecule has 1 aromatic heterocycles. The molecule has 1 aliphatic rings. The number of amides is 1. The van der Waals surface area contributed by atoms with E-state index in [0.717, 1.165) is 12.8 Å². The number of hydrogen-bond acceptors (Lipinski definition) is 2. The molecule has 0 unspecified atom stereocenters. The first-order valence-electron chi connectivity index (χ1n) is 6.33. The summed E-state index contributed by atoms with van der Waals surface area (Å²) in [6.45, 7) is 0.687. The third-order valence-corrected chi connectivity index (χ3v) is 4.45. The fraction of sp³-hybridized carbons (Fsp3) is 0.267. The topological polar surface area (TPSA) is 20.3 Å². The predicted molar refractivity (Wildman–Crippen MR) is 78.7 cm³/mol. The van der Waals surface area contributed by atoms with Crippen molar-refractivity contribution in [1.82, 2.24) is 4.90 Å². The summed E-state index contributed by atoms with van der Waals surface area (Å²) < 4.78 is 0. The standard InChI is InChI=1S/C15H14ClNOS/c16-14-6-2-1-5-13(14)15(18)17(11-7-8-11)10-12-4-3-9-19-12/h1-6,9,11H,7-8,10H2. The van der Waals surface area contributed by atoms with Crippen LogP contribution in [0.3, 0.4) is 0 Å². The maximum absolute atomic E-state index is 12.6. The smallest absolute Gasteiger partial charge is 0.255 e. The first-order valence-corrected chi connectivity index (χ1v) is 7.59. The second kappa shape index (κ2) is 5.35. The van der Waals surface area contributed by atoms with Gasteiger partial charge < -0.3 is 4.90 Å². The molecule has 0 atom stereocenters. The van der Waals surface area contributed by atoms with E-state index in [-0.39, 0.29) is 5.91 Å². The molecule has 0 spiro atoms. The number of benzene rings is 1. The molecule has 98 valence electrons. The van der Waals surface area contributed by atoms with E-state index in [1.54, 1.807) is 23.5 Å². The van der Waals surface area contributed by atoms with Crippen LogP contribution in [0.1, 0.15) is 28.1 Å². The Kier molecular flexibility index (Phi) is 3.58. The minimum Gasteiger partial charge on any atom is -0.330 e. The third-order valence-electron chi connectivity index (χ3n) is 3.26. The van der Waals surface area contributed by atoms with Crippen molar-refractivity contribution in [2.75, 3.05) is 0 Å². The van der Waals surface area contributed by atoms with Crippen LogP contribution in [-0.4, -0.2) is 16.8 Å². The summed E-state index contributed by atoms with van der Waals surface area (Å²) in [6.07, 6.45) is 2.20. The molecule has 1 heterocycles. The molecule has 0 N–H and O–H groups in total. The number of thiophene rings is 1. The SMILES string of the molecule is O=C(c1ccccc1Cl)N(Cc1cccs1)C1CC1. The molecule has 0 aliphatic heterocycles. The Bertz CT molecular complexity index is 578. The summed E-state index contributed by atoms with van der Waals surface area (Å²) in [7, 11) is 0. The molecule has 19 heavy (non-hydrogen) atoms. The number of carbonyl (C=O) groups excluding carboxylic acids is 1. The van der Waals surface area contributed by atoms with Crippen LogP contribution in [0.4, 0.5) is 0 Å². The fourth-order valence-corrected chi connectivity index (χ4v) is 3.03. The van der Waals surface area contributed by atoms with Crippen LogP contribution >= 0.6 is 22.9 Å². The predicted octanol–water partition coefficient (Wildman–Crippen LogP) is 4.21. The lowest BCUT2D eigenvalue weighted by atomic mass is 10.2. The Morgan fingerprint density at radius 1 is 1.26 bits per heavy atom. The van der Waals surface area contributed by atoms with Crippen molar-refractivity contribution in [1.29, 1.82) is 0 Å². The minimum absolute atomic E-state index is 0.0431. The van der Waals surface area contributed by atoms with Crippen LogP contribution in [-0.2, 0) is 6.54 Å². The molecular weight excluding hydrogens is 278 g/mol. The Hall–Kier alpha value is -1.32. The van der Waals surface area contributed by atoms with E-state index in [1.807, 2.05) is 28.5 Å². The molecule has 2 nitrogen and oxygen atoms in total. The number of carbonyl (C=O) groups is 1. The molecular formula is C15H14ClNOS. The van der Waals surface area contributed by atoms with Crippen molar-refractivity contribution < 1.29 is 4.79 Å². The van der Waals surface area contributed by atoms with Crippen LogP contribution in [0.5, 0.6) is 0 Å². The maximum atomic E-state index is 12.6. The first-order chi connectivity index (χ1) is 9.25. The highest BCUT2D eigenvalue weighted by molar-refractivity contribution is 7.09. The van der Waals surface area contributed by atoms with Gasteiger partial charge in [-0.3, -0.25) is 4.79 Å². The largest absolute Gasteiger partial charge is 0.330 e. The lowest BCUT2D eigenvalue weighted by Gasteiger charge is -2.22. The van der Waals surface area contributed by atoms with E-state index in [4.69, 9.17) is 11.6 Å². The highest BCUT2D eigenvalue weighted by Crippen LogP contribution is 2.31. The summed E-state index contributed by atoms with van der Waals surface area (Å²) in [5.74, 6) is 0.0431. The molecule has 1 aromatic carbocycles. The minimum atomic E-state index is 0.0431. The van der Waals surface area contributed by atoms with Crippen molar-refractivity contribution in [3.63, 3.8) is 0 Å². The van der Waals surface area contributed by atoms with Gasteiger partial charge in [-0.2, -0.15) is 0 Å². The molecule has 2 aromatic rings. The van der Waals surface area contributed by atoms with Gasteiger partial charge in [-0.15, -0.1) is 11.3 Å². The van der Waals surface area contributed by atoms with Crippen molar-refractivity contribution in [2.45, 2.75) is 25.4 Å². The summed E-state index contributed by atoms with van der Waals surface area (Å²) in [5.41, 5.74) is 0.604. The zero-order valence-corrected chi connectivity index (χ0v) is 12.0. The first kappa shape index (κ1) is 12.7. The summed E-state index contributed by atoms with van der Waals surface area (Å²) in [4.78, 5) is 15.8. The number of nitrogens with zero attached hydrogens (tertiary/aromatic N) is 1. The summed E-state index contributed by atoms with van der Waals surface area (Å²) in [5, 5.41) is 2.57. The molecule has 1 fully saturated rings. The molecule has 0 bridgehead atoms. The van der Waals surface area contributed by atoms with Gasteiger partial charge >= 0.3 is 0 Å². The van der Waals surface area contributed by atoms with E-state index in [0.29, 0.717) is 23.2 Å². The van der Waals surface area contributed by atoms with Gasteiger partial charge in [0, 0.05) is 10.9 Å². The Morgan fingerprint density at radius 2 is 2.05 bits per heavy atom. The average Bonchev–Trinajstić information content (AvgIpc) is 3.13. The van der Waals surface area contributed by atoms with Crippen LogP contribution in [0.15, 0.2) is 41.8 Å². The van der Waals surface area contributed by atoms with Gasteiger partial charge in [0.2, 0.25) is 0 Å². The van der Waals surface area contributed by atoms with Gasteiger partial charge in [0.1, 0.15) is 0 Å². The van der Waals surface area contributed by atoms with Crippen molar-refractivity contribution in [3.8, 4) is 0 Å². The van der Waals surface area contributed by atoms with Crippen molar-refractivity contribution >= 4 is 28.8 Å². The molecule has 3 rings (SSSR count). The lowest BCUT2D eigenvalue weighted by molar-refractivity contribution is 0.0732. The Morgan fingerprint density at radius 3 is 2.68 bits per heavy atom. The van der Waals surface area contributed by atoms with Crippen molar-refractivity contribution in [3.05, 3.63) is 57.2 Å². The van der Waals surface area contributed by atoms with Crippen LogP contribution in [0, 0.1) is 0 Å². The molecule has 0 radical (unpaired) electrons. The quantitative estimate of drug-likeness (QED) is 0.826. The monoisotopic (exact) mass is 291 g/mol. The van der Waals surface area contributed by atoms with Crippen LogP contribution < -0.4 is 0 Å². The third kappa shape index (κ3) is 2.82. The summed E-state index contributed by atoms with van der Waals surface area (Å²) in [6, 6.07) is 11.7. The molecule has 0 saturated heterocycles. The van der Waals surface area contributed by atoms with Gasteiger partial charge in [0.05, 0.1) is 17.1 Å². The lowest BCUT2D eigenvalue weighted by Crippen LogP contribution is -2.32. The van der Waals surface area contributed by atoms with E-state index < -0.39 is 0 Å². The number of halogens is 1. The van der Waals surface area contributed by atoms with Crippen molar-refractivity contribution in [2.24, 2.45) is 0 Å².